The van der Waals surface area contributed by atoms with Gasteiger partial charge in [-0.05, 0) is 32.6 Å². The molecule has 4 heterocycles. The second kappa shape index (κ2) is 6.95. The Labute approximate surface area is 146 Å². The topological polar surface area (TPSA) is 84.7 Å². The Hall–Kier alpha value is -2.22. The molecular weight excluding hydrogens is 320 g/mol. The molecule has 2 aromatic heterocycles. The van der Waals surface area contributed by atoms with E-state index in [0.29, 0.717) is 6.54 Å². The molecule has 25 heavy (non-hydrogen) atoms. The zero-order chi connectivity index (χ0) is 17.2. The molecule has 8 nitrogen and oxygen atoms in total. The standard InChI is InChI=1S/C17H24N6O2/c1-12-20-21-16-15(18-6-8-23(12)16)22-7-2-3-13(11-22)17(24)19-14-4-9-25-10-5-14/h6,8,13-14H,2-5,7,9-11H2,1H3,(H,19,24). The van der Waals surface area contributed by atoms with Crippen molar-refractivity contribution in [1.82, 2.24) is 24.9 Å². The van der Waals surface area contributed by atoms with Crippen LogP contribution in [0.3, 0.4) is 0 Å². The van der Waals surface area contributed by atoms with Crippen LogP contribution in [0.5, 0.6) is 0 Å². The van der Waals surface area contributed by atoms with E-state index in [1.54, 1.807) is 6.20 Å². The van der Waals surface area contributed by atoms with Crippen LogP contribution >= 0.6 is 0 Å². The highest BCUT2D eigenvalue weighted by atomic mass is 16.5. The van der Waals surface area contributed by atoms with Gasteiger partial charge >= 0.3 is 0 Å². The first-order valence-corrected chi connectivity index (χ1v) is 9.02. The first-order valence-electron chi connectivity index (χ1n) is 9.02. The van der Waals surface area contributed by atoms with Crippen LogP contribution in [0.2, 0.25) is 0 Å². The zero-order valence-corrected chi connectivity index (χ0v) is 14.5. The van der Waals surface area contributed by atoms with E-state index in [1.807, 2.05) is 17.5 Å². The van der Waals surface area contributed by atoms with Crippen molar-refractivity contribution in [2.24, 2.45) is 5.92 Å². The molecule has 1 amide bonds. The monoisotopic (exact) mass is 344 g/mol. The molecule has 134 valence electrons. The number of hydrogen-bond donors (Lipinski definition) is 1. The minimum atomic E-state index is -0.0114. The van der Waals surface area contributed by atoms with Gasteiger partial charge in [-0.25, -0.2) is 4.98 Å². The normalized spacial score (nSPS) is 22.3. The van der Waals surface area contributed by atoms with Crippen molar-refractivity contribution in [3.8, 4) is 0 Å². The first-order chi connectivity index (χ1) is 12.2. The predicted octanol–water partition coefficient (Wildman–Crippen LogP) is 0.944. The smallest absolute Gasteiger partial charge is 0.225 e. The molecule has 0 radical (unpaired) electrons. The maximum Gasteiger partial charge on any atom is 0.225 e. The maximum absolute atomic E-state index is 12.7. The number of amides is 1. The second-order valence-electron chi connectivity index (χ2n) is 6.87. The van der Waals surface area contributed by atoms with Gasteiger partial charge in [0.25, 0.3) is 0 Å². The van der Waals surface area contributed by atoms with Crippen LogP contribution in [-0.4, -0.2) is 57.8 Å². The zero-order valence-electron chi connectivity index (χ0n) is 14.5. The molecule has 0 aromatic carbocycles. The van der Waals surface area contributed by atoms with Crippen molar-refractivity contribution in [1.29, 1.82) is 0 Å². The molecule has 1 atom stereocenters. The van der Waals surface area contributed by atoms with Crippen molar-refractivity contribution < 1.29 is 9.53 Å². The third-order valence-corrected chi connectivity index (χ3v) is 5.14. The van der Waals surface area contributed by atoms with E-state index in [2.05, 4.69) is 25.4 Å². The summed E-state index contributed by atoms with van der Waals surface area (Å²) >= 11 is 0. The maximum atomic E-state index is 12.7. The van der Waals surface area contributed by atoms with E-state index in [9.17, 15) is 4.79 Å². The number of aromatic nitrogens is 4. The largest absolute Gasteiger partial charge is 0.381 e. The van der Waals surface area contributed by atoms with Crippen LogP contribution in [0.1, 0.15) is 31.5 Å². The minimum Gasteiger partial charge on any atom is -0.381 e. The van der Waals surface area contributed by atoms with Gasteiger partial charge in [-0.15, -0.1) is 10.2 Å². The number of nitrogens with one attached hydrogen (secondary N) is 1. The lowest BCUT2D eigenvalue weighted by Crippen LogP contribution is -2.47. The molecule has 2 saturated heterocycles. The van der Waals surface area contributed by atoms with Gasteiger partial charge in [-0.2, -0.15) is 0 Å². The summed E-state index contributed by atoms with van der Waals surface area (Å²) in [6.07, 6.45) is 7.34. The molecule has 0 aliphatic carbocycles. The lowest BCUT2D eigenvalue weighted by Gasteiger charge is -2.34. The summed E-state index contributed by atoms with van der Waals surface area (Å²) in [7, 11) is 0. The summed E-state index contributed by atoms with van der Waals surface area (Å²) in [4.78, 5) is 19.4. The highest BCUT2D eigenvalue weighted by molar-refractivity contribution is 5.80. The van der Waals surface area contributed by atoms with E-state index in [4.69, 9.17) is 4.74 Å². The quantitative estimate of drug-likeness (QED) is 0.892. The Kier molecular flexibility index (Phi) is 4.52. The lowest BCUT2D eigenvalue weighted by molar-refractivity contribution is -0.126. The summed E-state index contributed by atoms with van der Waals surface area (Å²) in [5.41, 5.74) is 0.755. The van der Waals surface area contributed by atoms with Crippen LogP contribution in [0.25, 0.3) is 5.65 Å². The van der Waals surface area contributed by atoms with Crippen molar-refractivity contribution in [2.45, 2.75) is 38.6 Å². The van der Waals surface area contributed by atoms with Gasteiger partial charge < -0.3 is 15.0 Å². The minimum absolute atomic E-state index is 0.0114. The molecule has 2 aromatic rings. The van der Waals surface area contributed by atoms with Crippen LogP contribution in [-0.2, 0) is 9.53 Å². The van der Waals surface area contributed by atoms with Gasteiger partial charge in [0.15, 0.2) is 5.82 Å². The lowest BCUT2D eigenvalue weighted by atomic mass is 9.96. The number of piperidine rings is 1. The van der Waals surface area contributed by atoms with Crippen molar-refractivity contribution >= 4 is 17.4 Å². The van der Waals surface area contributed by atoms with Crippen molar-refractivity contribution in [2.75, 3.05) is 31.2 Å². The van der Waals surface area contributed by atoms with Crippen LogP contribution < -0.4 is 10.2 Å². The average molecular weight is 344 g/mol. The Bertz CT molecular complexity index is 755. The van der Waals surface area contributed by atoms with E-state index in [-0.39, 0.29) is 17.9 Å². The SMILES string of the molecule is Cc1nnc2c(N3CCCC(C(=O)NC4CCOCC4)C3)nccn12. The predicted molar refractivity (Wildman–Crippen MR) is 92.4 cm³/mol. The van der Waals surface area contributed by atoms with E-state index >= 15 is 0 Å². The molecule has 4 rings (SSSR count). The van der Waals surface area contributed by atoms with Gasteiger partial charge in [0, 0.05) is 44.7 Å². The summed E-state index contributed by atoms with van der Waals surface area (Å²) in [6, 6.07) is 0.248. The molecule has 2 fully saturated rings. The molecule has 0 saturated carbocycles. The highest BCUT2D eigenvalue weighted by Gasteiger charge is 2.29. The van der Waals surface area contributed by atoms with Crippen molar-refractivity contribution in [3.05, 3.63) is 18.2 Å². The number of carbonyl (C=O) groups is 1. The number of carbonyl (C=O) groups excluding carboxylic acids is 1. The second-order valence-corrected chi connectivity index (χ2v) is 6.87. The number of aryl methyl sites for hydroxylation is 1. The van der Waals surface area contributed by atoms with E-state index < -0.39 is 0 Å². The summed E-state index contributed by atoms with van der Waals surface area (Å²) in [6.45, 7) is 4.96. The Morgan fingerprint density at radius 2 is 2.12 bits per heavy atom. The Morgan fingerprint density at radius 3 is 2.96 bits per heavy atom. The molecule has 1 N–H and O–H groups in total. The van der Waals surface area contributed by atoms with Crippen LogP contribution in [0.15, 0.2) is 12.4 Å². The Balaban J connectivity index is 1.47. The van der Waals surface area contributed by atoms with Gasteiger partial charge in [-0.3, -0.25) is 9.20 Å². The molecule has 0 spiro atoms. The number of fused-ring (bicyclic) bond motifs is 1. The van der Waals surface area contributed by atoms with Gasteiger partial charge in [0.2, 0.25) is 11.6 Å². The van der Waals surface area contributed by atoms with Crippen molar-refractivity contribution in [3.63, 3.8) is 0 Å². The molecule has 8 heteroatoms. The summed E-state index contributed by atoms with van der Waals surface area (Å²) in [5.74, 6) is 1.79. The number of anilines is 1. The Morgan fingerprint density at radius 1 is 1.28 bits per heavy atom. The molecule has 1 unspecified atom stereocenters. The summed E-state index contributed by atoms with van der Waals surface area (Å²) in [5, 5.41) is 11.6. The number of ether oxygens (including phenoxy) is 1. The summed E-state index contributed by atoms with van der Waals surface area (Å²) < 4.78 is 7.30. The first kappa shape index (κ1) is 16.3. The third kappa shape index (κ3) is 3.30. The van der Waals surface area contributed by atoms with Gasteiger partial charge in [-0.1, -0.05) is 0 Å². The fraction of sp³-hybridized carbons (Fsp3) is 0.647. The molecule has 0 bridgehead atoms. The number of hydrogen-bond acceptors (Lipinski definition) is 6. The third-order valence-electron chi connectivity index (χ3n) is 5.14. The van der Waals surface area contributed by atoms with Crippen LogP contribution in [0.4, 0.5) is 5.82 Å². The number of nitrogens with zero attached hydrogens (tertiary/aromatic N) is 5. The molecule has 2 aliphatic rings. The van der Waals surface area contributed by atoms with Gasteiger partial charge in [0.1, 0.15) is 5.82 Å². The fourth-order valence-electron chi connectivity index (χ4n) is 3.70. The molecule has 2 aliphatic heterocycles. The van der Waals surface area contributed by atoms with E-state index in [0.717, 1.165) is 62.7 Å². The number of rotatable bonds is 3. The van der Waals surface area contributed by atoms with Crippen LogP contribution in [0, 0.1) is 12.8 Å². The highest BCUT2D eigenvalue weighted by Crippen LogP contribution is 2.25. The average Bonchev–Trinajstić information content (AvgIpc) is 3.04. The molecular formula is C17H24N6O2. The fourth-order valence-corrected chi connectivity index (χ4v) is 3.70. The van der Waals surface area contributed by atoms with Gasteiger partial charge in [0.05, 0.1) is 5.92 Å². The van der Waals surface area contributed by atoms with E-state index in [1.165, 1.54) is 0 Å².